The van der Waals surface area contributed by atoms with Gasteiger partial charge in [0.1, 0.15) is 18.9 Å². The normalized spacial score (nSPS) is 15.0. The molecule has 3 aromatic carbocycles. The molecule has 1 aliphatic rings. The van der Waals surface area contributed by atoms with Gasteiger partial charge in [-0.15, -0.1) is 0 Å². The van der Waals surface area contributed by atoms with Gasteiger partial charge in [-0.05, 0) is 35.4 Å². The number of rotatable bonds is 7. The highest BCUT2D eigenvalue weighted by Crippen LogP contribution is 2.13. The zero-order chi connectivity index (χ0) is 19.7. The fourth-order valence-corrected chi connectivity index (χ4v) is 3.53. The monoisotopic (exact) mass is 386 g/mol. The molecule has 1 saturated heterocycles. The smallest absolute Gasteiger partial charge is 0.119 e. The first-order valence-electron chi connectivity index (χ1n) is 10.3. The number of hydrogen-bond acceptors (Lipinski definition) is 3. The Morgan fingerprint density at radius 3 is 2.07 bits per heavy atom. The van der Waals surface area contributed by atoms with Gasteiger partial charge in [0.25, 0.3) is 0 Å². The van der Waals surface area contributed by atoms with Crippen molar-refractivity contribution in [3.8, 4) is 5.75 Å². The summed E-state index contributed by atoms with van der Waals surface area (Å²) in [4.78, 5) is 1.63. The standard InChI is InChI=1S/C25H27N3O/c1-3-7-23(8-4-1)20-27-15-17-28(18-16-27)26-19-22-11-13-25(14-12-22)29-21-24-9-5-2-6-10-24/h1-14,19H,15-18,20-21H2/p+1. The van der Waals surface area contributed by atoms with Crippen LogP contribution in [-0.2, 0) is 13.2 Å². The first kappa shape index (κ1) is 19.2. The maximum absolute atomic E-state index is 5.84. The van der Waals surface area contributed by atoms with E-state index in [1.165, 1.54) is 11.1 Å². The van der Waals surface area contributed by atoms with E-state index in [2.05, 4.69) is 64.7 Å². The molecule has 0 radical (unpaired) electrons. The van der Waals surface area contributed by atoms with E-state index in [0.29, 0.717) is 6.61 Å². The molecule has 1 N–H and O–H groups in total. The summed E-state index contributed by atoms with van der Waals surface area (Å²) >= 11 is 0. The van der Waals surface area contributed by atoms with E-state index >= 15 is 0 Å². The van der Waals surface area contributed by atoms with Crippen LogP contribution in [0.3, 0.4) is 0 Å². The molecular weight excluding hydrogens is 358 g/mol. The SMILES string of the molecule is C(=NN1CC[NH+](Cc2ccccc2)CC1)c1ccc(OCc2ccccc2)cc1. The fraction of sp³-hybridized carbons (Fsp3) is 0.240. The predicted molar refractivity (Wildman–Crippen MR) is 117 cm³/mol. The highest BCUT2D eigenvalue weighted by molar-refractivity contribution is 5.79. The van der Waals surface area contributed by atoms with Gasteiger partial charge in [-0.3, -0.25) is 5.01 Å². The zero-order valence-electron chi connectivity index (χ0n) is 16.7. The minimum absolute atomic E-state index is 0.587. The van der Waals surface area contributed by atoms with E-state index in [1.54, 1.807) is 4.90 Å². The lowest BCUT2D eigenvalue weighted by atomic mass is 10.2. The van der Waals surface area contributed by atoms with E-state index in [9.17, 15) is 0 Å². The Morgan fingerprint density at radius 1 is 0.793 bits per heavy atom. The molecule has 4 heteroatoms. The van der Waals surface area contributed by atoms with Crippen LogP contribution in [0, 0.1) is 0 Å². The van der Waals surface area contributed by atoms with Gasteiger partial charge >= 0.3 is 0 Å². The van der Waals surface area contributed by atoms with Gasteiger partial charge in [0, 0.05) is 5.56 Å². The van der Waals surface area contributed by atoms with Crippen LogP contribution >= 0.6 is 0 Å². The lowest BCUT2D eigenvalue weighted by Gasteiger charge is -2.30. The van der Waals surface area contributed by atoms with Gasteiger partial charge in [-0.1, -0.05) is 60.7 Å². The average molecular weight is 387 g/mol. The van der Waals surface area contributed by atoms with Crippen molar-refractivity contribution >= 4 is 6.21 Å². The molecule has 0 aliphatic carbocycles. The molecule has 29 heavy (non-hydrogen) atoms. The number of quaternary nitrogens is 1. The number of hydrogen-bond donors (Lipinski definition) is 1. The highest BCUT2D eigenvalue weighted by atomic mass is 16.5. The van der Waals surface area contributed by atoms with E-state index in [4.69, 9.17) is 4.74 Å². The maximum atomic E-state index is 5.84. The van der Waals surface area contributed by atoms with Crippen LogP contribution < -0.4 is 9.64 Å². The second kappa shape index (κ2) is 9.89. The third-order valence-corrected chi connectivity index (χ3v) is 5.24. The van der Waals surface area contributed by atoms with Gasteiger partial charge in [-0.25, -0.2) is 0 Å². The van der Waals surface area contributed by atoms with E-state index in [-0.39, 0.29) is 0 Å². The number of nitrogens with zero attached hydrogens (tertiary/aromatic N) is 2. The van der Waals surface area contributed by atoms with Crippen molar-refractivity contribution in [2.45, 2.75) is 13.2 Å². The van der Waals surface area contributed by atoms with Gasteiger partial charge in [-0.2, -0.15) is 5.10 Å². The van der Waals surface area contributed by atoms with Crippen LogP contribution in [0.4, 0.5) is 0 Å². The molecular formula is C25H28N3O+. The molecule has 0 atom stereocenters. The number of nitrogens with one attached hydrogen (secondary N) is 1. The van der Waals surface area contributed by atoms with Crippen molar-refractivity contribution < 1.29 is 9.64 Å². The predicted octanol–water partition coefficient (Wildman–Crippen LogP) is 3.00. The summed E-state index contributed by atoms with van der Waals surface area (Å²) in [5.74, 6) is 0.879. The molecule has 0 amide bonds. The van der Waals surface area contributed by atoms with Crippen LogP contribution in [0.15, 0.2) is 90.0 Å². The molecule has 4 nitrogen and oxygen atoms in total. The van der Waals surface area contributed by atoms with E-state index < -0.39 is 0 Å². The van der Waals surface area contributed by atoms with Gasteiger partial charge in [0.15, 0.2) is 0 Å². The van der Waals surface area contributed by atoms with Crippen LogP contribution in [-0.4, -0.2) is 37.4 Å². The first-order valence-corrected chi connectivity index (χ1v) is 10.3. The van der Waals surface area contributed by atoms with Crippen LogP contribution in [0.5, 0.6) is 5.75 Å². The molecule has 148 valence electrons. The van der Waals surface area contributed by atoms with Gasteiger partial charge in [0.2, 0.25) is 0 Å². The van der Waals surface area contributed by atoms with Crippen molar-refractivity contribution in [2.75, 3.05) is 26.2 Å². The van der Waals surface area contributed by atoms with Crippen molar-refractivity contribution in [3.05, 3.63) is 102 Å². The summed E-state index contributed by atoms with van der Waals surface area (Å²) in [5, 5.41) is 6.85. The summed E-state index contributed by atoms with van der Waals surface area (Å²) in [6.07, 6.45) is 1.95. The highest BCUT2D eigenvalue weighted by Gasteiger charge is 2.18. The lowest BCUT2D eigenvalue weighted by molar-refractivity contribution is -0.918. The summed E-state index contributed by atoms with van der Waals surface area (Å²) in [7, 11) is 0. The van der Waals surface area contributed by atoms with Gasteiger partial charge in [0.05, 0.1) is 32.4 Å². The molecule has 0 unspecified atom stereocenters. The van der Waals surface area contributed by atoms with Crippen molar-refractivity contribution in [1.29, 1.82) is 0 Å². The molecule has 0 spiro atoms. The number of hydrazone groups is 1. The fourth-order valence-electron chi connectivity index (χ4n) is 3.53. The molecule has 3 aromatic rings. The summed E-state index contributed by atoms with van der Waals surface area (Å²) in [6.45, 7) is 5.93. The summed E-state index contributed by atoms with van der Waals surface area (Å²) < 4.78 is 5.84. The Balaban J connectivity index is 1.22. The molecule has 1 heterocycles. The summed E-state index contributed by atoms with van der Waals surface area (Å²) in [6, 6.07) is 29.1. The Labute approximate surface area is 173 Å². The van der Waals surface area contributed by atoms with Crippen LogP contribution in [0.2, 0.25) is 0 Å². The number of piperazine rings is 1. The Bertz CT molecular complexity index is 886. The minimum Gasteiger partial charge on any atom is -0.489 e. The molecule has 4 rings (SSSR count). The second-order valence-corrected chi connectivity index (χ2v) is 7.45. The van der Waals surface area contributed by atoms with Gasteiger partial charge < -0.3 is 9.64 Å². The number of ether oxygens (including phenoxy) is 1. The Kier molecular flexibility index (Phi) is 6.56. The maximum Gasteiger partial charge on any atom is 0.119 e. The van der Waals surface area contributed by atoms with E-state index in [0.717, 1.165) is 44.0 Å². The molecule has 0 bridgehead atoms. The molecule has 0 aromatic heterocycles. The Hall–Kier alpha value is -3.11. The Morgan fingerprint density at radius 2 is 1.41 bits per heavy atom. The van der Waals surface area contributed by atoms with Crippen LogP contribution in [0.1, 0.15) is 16.7 Å². The third kappa shape index (κ3) is 5.93. The molecule has 0 saturated carbocycles. The third-order valence-electron chi connectivity index (χ3n) is 5.24. The van der Waals surface area contributed by atoms with Crippen LogP contribution in [0.25, 0.3) is 0 Å². The summed E-state index contributed by atoms with van der Waals surface area (Å²) in [5.41, 5.74) is 3.68. The van der Waals surface area contributed by atoms with Crippen molar-refractivity contribution in [3.63, 3.8) is 0 Å². The quantitative estimate of drug-likeness (QED) is 0.633. The average Bonchev–Trinajstić information content (AvgIpc) is 2.79. The number of benzene rings is 3. The second-order valence-electron chi connectivity index (χ2n) is 7.45. The molecule has 1 fully saturated rings. The van der Waals surface area contributed by atoms with E-state index in [1.807, 2.05) is 36.5 Å². The topological polar surface area (TPSA) is 29.3 Å². The largest absolute Gasteiger partial charge is 0.489 e. The van der Waals surface area contributed by atoms with Crippen molar-refractivity contribution in [2.24, 2.45) is 5.10 Å². The molecule has 1 aliphatic heterocycles. The minimum atomic E-state index is 0.587. The first-order chi connectivity index (χ1) is 14.3. The lowest BCUT2D eigenvalue weighted by Crippen LogP contribution is -3.13. The zero-order valence-corrected chi connectivity index (χ0v) is 16.7. The van der Waals surface area contributed by atoms with Crippen molar-refractivity contribution in [1.82, 2.24) is 5.01 Å².